The van der Waals surface area contributed by atoms with Gasteiger partial charge >= 0.3 is 5.97 Å². The summed E-state index contributed by atoms with van der Waals surface area (Å²) in [6.45, 7) is 9.87. The topological polar surface area (TPSA) is 78.3 Å². The minimum absolute atomic E-state index is 0.00515. The lowest BCUT2D eigenvalue weighted by atomic mass is 9.96. The number of hydrogen-bond donors (Lipinski definition) is 2. The third-order valence-corrected chi connectivity index (χ3v) is 3.64. The van der Waals surface area contributed by atoms with Gasteiger partial charge < -0.3 is 16.2 Å². The van der Waals surface area contributed by atoms with Gasteiger partial charge in [0, 0.05) is 24.1 Å². The predicted molar refractivity (Wildman–Crippen MR) is 74.0 cm³/mol. The molecule has 4 nitrogen and oxygen atoms in total. The van der Waals surface area contributed by atoms with Crippen LogP contribution in [-0.2, 0) is 9.53 Å². The van der Waals surface area contributed by atoms with E-state index < -0.39 is 11.0 Å². The maximum absolute atomic E-state index is 11.9. The molecule has 1 unspecified atom stereocenters. The van der Waals surface area contributed by atoms with Crippen molar-refractivity contribution in [2.45, 2.75) is 46.3 Å². The van der Waals surface area contributed by atoms with Gasteiger partial charge in [-0.15, -0.1) is 0 Å². The first-order valence-electron chi connectivity index (χ1n) is 5.85. The molecule has 0 aromatic carbocycles. The van der Waals surface area contributed by atoms with Crippen molar-refractivity contribution in [2.24, 2.45) is 16.9 Å². The highest BCUT2D eigenvalue weighted by Crippen LogP contribution is 2.26. The molecule has 0 heterocycles. The summed E-state index contributed by atoms with van der Waals surface area (Å²) in [4.78, 5) is 11.9. The van der Waals surface area contributed by atoms with Crippen LogP contribution in [0.15, 0.2) is 0 Å². The molecule has 0 rings (SSSR count). The number of ether oxygens (including phenoxy) is 1. The molecule has 0 radical (unpaired) electrons. The highest BCUT2D eigenvalue weighted by atomic mass is 32.2. The quantitative estimate of drug-likeness (QED) is 0.707. The van der Waals surface area contributed by atoms with Crippen LogP contribution < -0.4 is 11.5 Å². The Bertz CT molecular complexity index is 249. The average Bonchev–Trinajstić information content (AvgIpc) is 2.14. The minimum atomic E-state index is -0.494. The molecule has 0 bridgehead atoms. The van der Waals surface area contributed by atoms with Crippen LogP contribution in [0.5, 0.6) is 0 Å². The van der Waals surface area contributed by atoms with Crippen LogP contribution in [-0.4, -0.2) is 35.7 Å². The van der Waals surface area contributed by atoms with Gasteiger partial charge in [0.2, 0.25) is 0 Å². The molecule has 0 aliphatic rings. The third kappa shape index (κ3) is 7.63. The molecule has 0 spiro atoms. The molecule has 0 aromatic rings. The lowest BCUT2D eigenvalue weighted by Crippen LogP contribution is -2.36. The zero-order valence-electron chi connectivity index (χ0n) is 11.6. The van der Waals surface area contributed by atoms with Crippen LogP contribution in [0.3, 0.4) is 0 Å². The van der Waals surface area contributed by atoms with Gasteiger partial charge in [-0.1, -0.05) is 0 Å². The zero-order valence-corrected chi connectivity index (χ0v) is 12.4. The van der Waals surface area contributed by atoms with Crippen molar-refractivity contribution >= 4 is 17.7 Å². The first-order valence-corrected chi connectivity index (χ1v) is 7.01. The molecular weight excluding hydrogens is 236 g/mol. The summed E-state index contributed by atoms with van der Waals surface area (Å²) in [6, 6.07) is -0.00515. The molecule has 1 atom stereocenters. The van der Waals surface area contributed by atoms with E-state index in [1.165, 1.54) is 0 Å². The molecule has 0 aliphatic heterocycles. The van der Waals surface area contributed by atoms with E-state index in [-0.39, 0.29) is 12.0 Å². The maximum atomic E-state index is 11.9. The van der Waals surface area contributed by atoms with Crippen LogP contribution in [0.1, 0.15) is 34.6 Å². The molecule has 17 heavy (non-hydrogen) atoms. The normalized spacial score (nSPS) is 14.5. The molecule has 0 aliphatic carbocycles. The summed E-state index contributed by atoms with van der Waals surface area (Å²) >= 11 is 1.64. The third-order valence-electron chi connectivity index (χ3n) is 2.05. The highest BCUT2D eigenvalue weighted by Gasteiger charge is 2.32. The van der Waals surface area contributed by atoms with Crippen molar-refractivity contribution in [3.63, 3.8) is 0 Å². The predicted octanol–water partition coefficient (Wildman–Crippen LogP) is 1.37. The standard InChI is InChI=1S/C12H26N2O2S/c1-11(2,3)16-10(15)12(4,5)8-17-7-9(14)6-13/h9H,6-8,13-14H2,1-5H3. The first-order chi connectivity index (χ1) is 7.58. The van der Waals surface area contributed by atoms with E-state index in [4.69, 9.17) is 16.2 Å². The fourth-order valence-electron chi connectivity index (χ4n) is 1.01. The average molecular weight is 262 g/mol. The molecule has 0 saturated carbocycles. The minimum Gasteiger partial charge on any atom is -0.460 e. The lowest BCUT2D eigenvalue weighted by Gasteiger charge is -2.28. The van der Waals surface area contributed by atoms with Crippen LogP contribution in [0.4, 0.5) is 0 Å². The molecule has 0 amide bonds. The lowest BCUT2D eigenvalue weighted by molar-refractivity contribution is -0.164. The largest absolute Gasteiger partial charge is 0.460 e. The summed E-state index contributed by atoms with van der Waals surface area (Å²) < 4.78 is 5.38. The number of esters is 1. The number of carbonyl (C=O) groups excluding carboxylic acids is 1. The Morgan fingerprint density at radius 2 is 1.82 bits per heavy atom. The molecule has 4 N–H and O–H groups in total. The van der Waals surface area contributed by atoms with E-state index in [0.717, 1.165) is 5.75 Å². The summed E-state index contributed by atoms with van der Waals surface area (Å²) in [7, 11) is 0. The summed E-state index contributed by atoms with van der Waals surface area (Å²) in [5.74, 6) is 1.29. The van der Waals surface area contributed by atoms with E-state index in [1.54, 1.807) is 11.8 Å². The smallest absolute Gasteiger partial charge is 0.312 e. The van der Waals surface area contributed by atoms with Gasteiger partial charge in [0.25, 0.3) is 0 Å². The van der Waals surface area contributed by atoms with Crippen molar-refractivity contribution in [3.8, 4) is 0 Å². The van der Waals surface area contributed by atoms with Crippen LogP contribution in [0.25, 0.3) is 0 Å². The van der Waals surface area contributed by atoms with Crippen molar-refractivity contribution in [2.75, 3.05) is 18.1 Å². The van der Waals surface area contributed by atoms with Crippen molar-refractivity contribution in [1.82, 2.24) is 0 Å². The van der Waals surface area contributed by atoms with Crippen molar-refractivity contribution in [1.29, 1.82) is 0 Å². The molecule has 0 fully saturated rings. The first kappa shape index (κ1) is 16.7. The van der Waals surface area contributed by atoms with Gasteiger partial charge in [0.15, 0.2) is 0 Å². The van der Waals surface area contributed by atoms with Crippen molar-refractivity contribution < 1.29 is 9.53 Å². The monoisotopic (exact) mass is 262 g/mol. The highest BCUT2D eigenvalue weighted by molar-refractivity contribution is 7.99. The number of rotatable bonds is 6. The number of carbonyl (C=O) groups is 1. The Kier molecular flexibility index (Phi) is 6.51. The van der Waals surface area contributed by atoms with Gasteiger partial charge in [-0.2, -0.15) is 11.8 Å². The van der Waals surface area contributed by atoms with E-state index in [0.29, 0.717) is 12.3 Å². The Morgan fingerprint density at radius 3 is 2.24 bits per heavy atom. The number of hydrogen-bond acceptors (Lipinski definition) is 5. The van der Waals surface area contributed by atoms with Gasteiger partial charge in [-0.25, -0.2) is 0 Å². The molecule has 5 heteroatoms. The Balaban J connectivity index is 4.14. The van der Waals surface area contributed by atoms with Crippen LogP contribution in [0.2, 0.25) is 0 Å². The summed E-state index contributed by atoms with van der Waals surface area (Å²) in [5.41, 5.74) is 10.2. The second-order valence-corrected chi connectivity index (χ2v) is 6.93. The van der Waals surface area contributed by atoms with Gasteiger partial charge in [0.05, 0.1) is 5.41 Å². The molecule has 0 aromatic heterocycles. The summed E-state index contributed by atoms with van der Waals surface area (Å²) in [5, 5.41) is 0. The Hall–Kier alpha value is -0.260. The van der Waals surface area contributed by atoms with Crippen LogP contribution in [0, 0.1) is 5.41 Å². The number of nitrogens with two attached hydrogens (primary N) is 2. The van der Waals surface area contributed by atoms with Crippen LogP contribution >= 0.6 is 11.8 Å². The second kappa shape index (κ2) is 6.61. The van der Waals surface area contributed by atoms with E-state index in [1.807, 2.05) is 34.6 Å². The van der Waals surface area contributed by atoms with Gasteiger partial charge in [-0.3, -0.25) is 4.79 Å². The van der Waals surface area contributed by atoms with Crippen molar-refractivity contribution in [3.05, 3.63) is 0 Å². The van der Waals surface area contributed by atoms with Gasteiger partial charge in [-0.05, 0) is 34.6 Å². The molecule has 0 saturated heterocycles. The fraction of sp³-hybridized carbons (Fsp3) is 0.917. The zero-order chi connectivity index (χ0) is 13.7. The number of thioether (sulfide) groups is 1. The molecular formula is C12H26N2O2S. The summed E-state index contributed by atoms with van der Waals surface area (Å²) in [6.07, 6.45) is 0. The Morgan fingerprint density at radius 1 is 1.29 bits per heavy atom. The second-order valence-electron chi connectivity index (χ2n) is 5.90. The van der Waals surface area contributed by atoms with Gasteiger partial charge in [0.1, 0.15) is 5.60 Å². The SMILES string of the molecule is CC(C)(C)OC(=O)C(C)(C)CSCC(N)CN. The van der Waals surface area contributed by atoms with E-state index in [9.17, 15) is 4.79 Å². The van der Waals surface area contributed by atoms with E-state index in [2.05, 4.69) is 0 Å². The molecule has 102 valence electrons. The maximum Gasteiger partial charge on any atom is 0.312 e. The van der Waals surface area contributed by atoms with E-state index >= 15 is 0 Å². The fourth-order valence-corrected chi connectivity index (χ4v) is 2.19. The Labute approximate surface area is 109 Å².